The number of ketones is 1. The molecule has 0 fully saturated rings. The number of carbonyl (C=O) groups excluding carboxylic acids is 1. The van der Waals surface area contributed by atoms with E-state index < -0.39 is 0 Å². The molecule has 0 bridgehead atoms. The van der Waals surface area contributed by atoms with Crippen LogP contribution in [0, 0.1) is 5.92 Å². The lowest BCUT2D eigenvalue weighted by Crippen LogP contribution is -2.06. The van der Waals surface area contributed by atoms with Crippen molar-refractivity contribution >= 4 is 5.78 Å². The van der Waals surface area contributed by atoms with E-state index in [4.69, 9.17) is 4.74 Å². The van der Waals surface area contributed by atoms with Crippen LogP contribution in [-0.2, 0) is 0 Å². The van der Waals surface area contributed by atoms with Crippen LogP contribution in [0.5, 0.6) is 5.75 Å². The molecule has 0 saturated carbocycles. The Hall–Kier alpha value is -1.83. The van der Waals surface area contributed by atoms with Gasteiger partial charge in [-0.3, -0.25) is 4.79 Å². The molecule has 2 heteroatoms. The highest BCUT2D eigenvalue weighted by atomic mass is 16.5. The molecule has 0 aliphatic heterocycles. The zero-order valence-electron chi connectivity index (χ0n) is 12.0. The molecular weight excluding hydrogens is 236 g/mol. The summed E-state index contributed by atoms with van der Waals surface area (Å²) in [6, 6.07) is 7.36. The van der Waals surface area contributed by atoms with E-state index in [0.29, 0.717) is 12.3 Å². The molecule has 19 heavy (non-hydrogen) atoms. The number of rotatable bonds is 4. The monoisotopic (exact) mass is 256 g/mol. The molecule has 0 N–H and O–H groups in total. The Morgan fingerprint density at radius 3 is 2.63 bits per heavy atom. The van der Waals surface area contributed by atoms with Gasteiger partial charge in [-0.2, -0.15) is 0 Å². The van der Waals surface area contributed by atoms with Crippen LogP contribution in [0.1, 0.15) is 37.6 Å². The molecule has 1 aliphatic carbocycles. The minimum absolute atomic E-state index is 0.156. The van der Waals surface area contributed by atoms with Gasteiger partial charge in [0.1, 0.15) is 5.75 Å². The minimum Gasteiger partial charge on any atom is -0.497 e. The summed E-state index contributed by atoms with van der Waals surface area (Å²) in [6.45, 7) is 6.37. The second-order valence-electron chi connectivity index (χ2n) is 5.15. The summed E-state index contributed by atoms with van der Waals surface area (Å²) < 4.78 is 5.16. The Morgan fingerprint density at radius 2 is 2.05 bits per heavy atom. The molecule has 2 rings (SSSR count). The number of carbonyl (C=O) groups is 1. The molecule has 0 spiro atoms. The van der Waals surface area contributed by atoms with E-state index in [1.807, 2.05) is 18.2 Å². The molecule has 0 heterocycles. The average molecular weight is 256 g/mol. The van der Waals surface area contributed by atoms with Crippen LogP contribution in [0.2, 0.25) is 0 Å². The molecule has 100 valence electrons. The van der Waals surface area contributed by atoms with E-state index >= 15 is 0 Å². The molecule has 1 unspecified atom stereocenters. The largest absolute Gasteiger partial charge is 0.497 e. The number of hydrogen-bond donors (Lipinski definition) is 0. The van der Waals surface area contributed by atoms with Crippen molar-refractivity contribution in [1.29, 1.82) is 0 Å². The van der Waals surface area contributed by atoms with Crippen LogP contribution < -0.4 is 4.74 Å². The van der Waals surface area contributed by atoms with Gasteiger partial charge in [-0.15, -0.1) is 0 Å². The first kappa shape index (κ1) is 13.6. The minimum atomic E-state index is 0.156. The summed E-state index contributed by atoms with van der Waals surface area (Å²) in [5, 5.41) is 0. The van der Waals surface area contributed by atoms with Crippen molar-refractivity contribution in [3.63, 3.8) is 0 Å². The maximum Gasteiger partial charge on any atom is 0.167 e. The van der Waals surface area contributed by atoms with Gasteiger partial charge in [-0.25, -0.2) is 0 Å². The Bertz CT molecular complexity index is 564. The molecule has 0 radical (unpaired) electrons. The maximum atomic E-state index is 12.4. The van der Waals surface area contributed by atoms with Crippen molar-refractivity contribution in [1.82, 2.24) is 0 Å². The topological polar surface area (TPSA) is 26.3 Å². The summed E-state index contributed by atoms with van der Waals surface area (Å²) in [5.41, 5.74) is 4.54. The number of ether oxygens (including phenoxy) is 1. The smallest absolute Gasteiger partial charge is 0.167 e. The highest BCUT2D eigenvalue weighted by Gasteiger charge is 2.21. The van der Waals surface area contributed by atoms with Gasteiger partial charge < -0.3 is 4.74 Å². The van der Waals surface area contributed by atoms with E-state index in [1.54, 1.807) is 13.2 Å². The molecular formula is C17H20O2. The van der Waals surface area contributed by atoms with Gasteiger partial charge in [-0.1, -0.05) is 41.9 Å². The molecule has 1 atom stereocenters. The second-order valence-corrected chi connectivity index (χ2v) is 5.15. The lowest BCUT2D eigenvalue weighted by Gasteiger charge is -2.12. The maximum absolute atomic E-state index is 12.4. The van der Waals surface area contributed by atoms with E-state index in [2.05, 4.69) is 26.8 Å². The lowest BCUT2D eigenvalue weighted by molar-refractivity contribution is 0.0990. The van der Waals surface area contributed by atoms with Gasteiger partial charge in [0.15, 0.2) is 5.78 Å². The highest BCUT2D eigenvalue weighted by molar-refractivity contribution is 5.98. The van der Waals surface area contributed by atoms with Crippen LogP contribution in [0.25, 0.3) is 0 Å². The zero-order valence-corrected chi connectivity index (χ0v) is 12.0. The van der Waals surface area contributed by atoms with Crippen LogP contribution in [0.15, 0.2) is 47.1 Å². The predicted octanol–water partition coefficient (Wildman–Crippen LogP) is 4.18. The molecule has 0 amide bonds. The van der Waals surface area contributed by atoms with Crippen molar-refractivity contribution in [2.45, 2.75) is 27.2 Å². The Kier molecular flexibility index (Phi) is 3.89. The van der Waals surface area contributed by atoms with E-state index in [0.717, 1.165) is 11.3 Å². The Labute approximate surface area is 114 Å². The van der Waals surface area contributed by atoms with Crippen LogP contribution in [0.3, 0.4) is 0 Å². The van der Waals surface area contributed by atoms with Crippen molar-refractivity contribution in [3.8, 4) is 5.75 Å². The van der Waals surface area contributed by atoms with Gasteiger partial charge in [0.05, 0.1) is 7.11 Å². The molecule has 0 aromatic heterocycles. The van der Waals surface area contributed by atoms with Crippen LogP contribution >= 0.6 is 0 Å². The first-order chi connectivity index (χ1) is 9.02. The quantitative estimate of drug-likeness (QED) is 0.755. The third-order valence-electron chi connectivity index (χ3n) is 3.90. The molecule has 2 nitrogen and oxygen atoms in total. The average Bonchev–Trinajstić information content (AvgIpc) is 2.65. The number of benzene rings is 1. The second kappa shape index (κ2) is 5.43. The summed E-state index contributed by atoms with van der Waals surface area (Å²) in [6.07, 6.45) is 2.67. The van der Waals surface area contributed by atoms with E-state index in [-0.39, 0.29) is 5.78 Å². The molecule has 1 aromatic rings. The standard InChI is InChI=1S/C17H20O2/c1-11-8-12(2)16(13(11)3)10-17(18)14-6-5-7-15(9-14)19-4/h5-9,13H,10H2,1-4H3. The number of allylic oxidation sites excluding steroid dienone is 4. The molecule has 1 aliphatic rings. The van der Waals surface area contributed by atoms with Crippen molar-refractivity contribution in [2.24, 2.45) is 5.92 Å². The number of hydrogen-bond acceptors (Lipinski definition) is 2. The lowest BCUT2D eigenvalue weighted by atomic mass is 9.92. The number of Topliss-reactive ketones (excluding diaryl/α,β-unsaturated/α-hetero) is 1. The van der Waals surface area contributed by atoms with Crippen molar-refractivity contribution < 1.29 is 9.53 Å². The van der Waals surface area contributed by atoms with Gasteiger partial charge in [0.25, 0.3) is 0 Å². The summed E-state index contributed by atoms with van der Waals surface area (Å²) in [7, 11) is 1.61. The summed E-state index contributed by atoms with van der Waals surface area (Å²) in [5.74, 6) is 1.27. The molecule has 1 aromatic carbocycles. The number of methoxy groups -OCH3 is 1. The Morgan fingerprint density at radius 1 is 1.32 bits per heavy atom. The van der Waals surface area contributed by atoms with Gasteiger partial charge in [-0.05, 0) is 31.9 Å². The van der Waals surface area contributed by atoms with E-state index in [9.17, 15) is 4.79 Å². The highest BCUT2D eigenvalue weighted by Crippen LogP contribution is 2.34. The third kappa shape index (κ3) is 2.78. The molecule has 0 saturated heterocycles. The fourth-order valence-electron chi connectivity index (χ4n) is 2.54. The van der Waals surface area contributed by atoms with Crippen LogP contribution in [0.4, 0.5) is 0 Å². The normalized spacial score (nSPS) is 18.5. The third-order valence-corrected chi connectivity index (χ3v) is 3.90. The van der Waals surface area contributed by atoms with Crippen molar-refractivity contribution in [3.05, 3.63) is 52.6 Å². The fourth-order valence-corrected chi connectivity index (χ4v) is 2.54. The Balaban J connectivity index is 2.16. The van der Waals surface area contributed by atoms with Gasteiger partial charge in [0.2, 0.25) is 0 Å². The zero-order chi connectivity index (χ0) is 14.0. The summed E-state index contributed by atoms with van der Waals surface area (Å²) >= 11 is 0. The van der Waals surface area contributed by atoms with Gasteiger partial charge in [0, 0.05) is 12.0 Å². The first-order valence-corrected chi connectivity index (χ1v) is 6.58. The SMILES string of the molecule is COc1cccc(C(=O)CC2=C(C)C=C(C)C2C)c1. The van der Waals surface area contributed by atoms with Crippen LogP contribution in [-0.4, -0.2) is 12.9 Å². The van der Waals surface area contributed by atoms with Crippen molar-refractivity contribution in [2.75, 3.05) is 7.11 Å². The fraction of sp³-hybridized carbons (Fsp3) is 0.353. The van der Waals surface area contributed by atoms with E-state index in [1.165, 1.54) is 16.7 Å². The predicted molar refractivity (Wildman–Crippen MR) is 77.6 cm³/mol. The summed E-state index contributed by atoms with van der Waals surface area (Å²) in [4.78, 5) is 12.4. The first-order valence-electron chi connectivity index (χ1n) is 6.58. The van der Waals surface area contributed by atoms with Gasteiger partial charge >= 0.3 is 0 Å².